The molecule has 1 fully saturated rings. The van der Waals surface area contributed by atoms with Crippen molar-refractivity contribution in [2.45, 2.75) is 56.8 Å². The van der Waals surface area contributed by atoms with Crippen molar-refractivity contribution >= 4 is 50.5 Å². The van der Waals surface area contributed by atoms with Gasteiger partial charge in [-0.05, 0) is 57.2 Å². The number of benzene rings is 2. The molecule has 0 saturated carbocycles. The lowest BCUT2D eigenvalue weighted by Crippen LogP contribution is -2.42. The summed E-state index contributed by atoms with van der Waals surface area (Å²) in [6.45, 7) is 3.75. The number of alkyl halides is 3. The minimum absolute atomic E-state index is 0.00136. The smallest absolute Gasteiger partial charge is 0.416 e. The number of imide groups is 1. The minimum atomic E-state index is -4.64. The molecule has 44 heavy (non-hydrogen) atoms. The zero-order chi connectivity index (χ0) is 32.4. The predicted molar refractivity (Wildman–Crippen MR) is 148 cm³/mol. The summed E-state index contributed by atoms with van der Waals surface area (Å²) in [7, 11) is -4.34. The van der Waals surface area contributed by atoms with Gasteiger partial charge in [0, 0.05) is 18.2 Å². The van der Waals surface area contributed by atoms with Crippen molar-refractivity contribution in [1.82, 2.24) is 14.9 Å². The standard InChI is InChI=1S/C28H27F3N4O8S/c1-27(2,3)42-26(39)34(16-24(38)43-35-22(36)13-14-23(35)37)15-19-10-7-17-5-4-6-21(25(17)32-19)33-44(40,41)20-11-8-18(9-12-20)28(29,30)31/h4-12,33H,13-16H2,1-3H3. The molecule has 1 saturated heterocycles. The molecular weight excluding hydrogens is 609 g/mol. The van der Waals surface area contributed by atoms with Gasteiger partial charge in [0.1, 0.15) is 12.1 Å². The van der Waals surface area contributed by atoms with Gasteiger partial charge in [0.2, 0.25) is 0 Å². The first-order chi connectivity index (χ1) is 20.4. The summed E-state index contributed by atoms with van der Waals surface area (Å²) in [5.41, 5.74) is -1.64. The van der Waals surface area contributed by atoms with Gasteiger partial charge < -0.3 is 9.57 Å². The molecule has 0 radical (unpaired) electrons. The molecule has 0 unspecified atom stereocenters. The summed E-state index contributed by atoms with van der Waals surface area (Å²) >= 11 is 0. The third-order valence-corrected chi connectivity index (χ3v) is 7.42. The van der Waals surface area contributed by atoms with Gasteiger partial charge in [-0.3, -0.25) is 19.2 Å². The molecule has 4 rings (SSSR count). The van der Waals surface area contributed by atoms with Crippen LogP contribution in [0.1, 0.15) is 44.9 Å². The fourth-order valence-electron chi connectivity index (χ4n) is 4.04. The first-order valence-corrected chi connectivity index (χ1v) is 14.5. The van der Waals surface area contributed by atoms with E-state index < -0.39 is 62.7 Å². The Kier molecular flexibility index (Phi) is 8.86. The number of halogens is 3. The Balaban J connectivity index is 1.60. The molecule has 0 spiro atoms. The number of hydrogen-bond acceptors (Lipinski definition) is 9. The van der Waals surface area contributed by atoms with Crippen molar-refractivity contribution in [3.63, 3.8) is 0 Å². The number of anilines is 1. The van der Waals surface area contributed by atoms with Crippen LogP contribution in [-0.4, -0.2) is 59.4 Å². The van der Waals surface area contributed by atoms with Crippen molar-refractivity contribution in [1.29, 1.82) is 0 Å². The Labute approximate surface area is 249 Å². The van der Waals surface area contributed by atoms with E-state index in [2.05, 4.69) is 9.71 Å². The van der Waals surface area contributed by atoms with Crippen LogP contribution in [0, 0.1) is 0 Å². The lowest BCUT2D eigenvalue weighted by molar-refractivity contribution is -0.198. The molecule has 2 heterocycles. The van der Waals surface area contributed by atoms with Crippen LogP contribution in [0.3, 0.4) is 0 Å². The topological polar surface area (TPSA) is 152 Å². The summed E-state index contributed by atoms with van der Waals surface area (Å²) in [5, 5.41) is 0.828. The first-order valence-electron chi connectivity index (χ1n) is 13.1. The van der Waals surface area contributed by atoms with E-state index in [9.17, 15) is 40.8 Å². The van der Waals surface area contributed by atoms with Crippen LogP contribution < -0.4 is 4.72 Å². The molecule has 1 N–H and O–H groups in total. The fraction of sp³-hybridized carbons (Fsp3) is 0.321. The van der Waals surface area contributed by atoms with Crippen molar-refractivity contribution in [2.75, 3.05) is 11.3 Å². The number of pyridine rings is 1. The highest BCUT2D eigenvalue weighted by molar-refractivity contribution is 7.92. The number of amides is 3. The molecule has 1 aromatic heterocycles. The van der Waals surface area contributed by atoms with Gasteiger partial charge in [0.25, 0.3) is 21.8 Å². The number of para-hydroxylation sites is 1. The highest BCUT2D eigenvalue weighted by Crippen LogP contribution is 2.31. The average Bonchev–Trinajstić information content (AvgIpc) is 3.23. The van der Waals surface area contributed by atoms with E-state index in [4.69, 9.17) is 9.57 Å². The summed E-state index contributed by atoms with van der Waals surface area (Å²) in [5.74, 6) is -2.49. The molecule has 1 aliphatic rings. The highest BCUT2D eigenvalue weighted by atomic mass is 32.2. The van der Waals surface area contributed by atoms with Gasteiger partial charge in [0.05, 0.1) is 33.9 Å². The van der Waals surface area contributed by atoms with Gasteiger partial charge in [-0.15, -0.1) is 5.06 Å². The largest absolute Gasteiger partial charge is 0.444 e. The summed E-state index contributed by atoms with van der Waals surface area (Å²) < 4.78 is 72.5. The van der Waals surface area contributed by atoms with E-state index >= 15 is 0 Å². The van der Waals surface area contributed by atoms with Crippen LogP contribution in [0.25, 0.3) is 10.9 Å². The van der Waals surface area contributed by atoms with E-state index in [-0.39, 0.29) is 36.3 Å². The number of carbonyl (C=O) groups excluding carboxylic acids is 4. The number of sulfonamides is 1. The second kappa shape index (κ2) is 12.1. The van der Waals surface area contributed by atoms with Crippen LogP contribution in [0.15, 0.2) is 59.5 Å². The van der Waals surface area contributed by atoms with E-state index in [1.165, 1.54) is 18.2 Å². The summed E-state index contributed by atoms with van der Waals surface area (Å²) in [6, 6.07) is 10.6. The molecule has 0 aliphatic carbocycles. The zero-order valence-electron chi connectivity index (χ0n) is 23.7. The number of ether oxygens (including phenoxy) is 1. The van der Waals surface area contributed by atoms with Crippen LogP contribution in [0.4, 0.5) is 23.7 Å². The SMILES string of the molecule is CC(C)(C)OC(=O)N(CC(=O)ON1C(=O)CCC1=O)Cc1ccc2cccc(NS(=O)(=O)c3ccc(C(F)(F)F)cc3)c2n1. The van der Waals surface area contributed by atoms with Crippen LogP contribution in [-0.2, 0) is 46.7 Å². The van der Waals surface area contributed by atoms with Crippen LogP contribution >= 0.6 is 0 Å². The number of nitrogens with zero attached hydrogens (tertiary/aromatic N) is 3. The molecule has 12 nitrogen and oxygen atoms in total. The van der Waals surface area contributed by atoms with Gasteiger partial charge >= 0.3 is 18.2 Å². The molecule has 234 valence electrons. The molecule has 3 aromatic rings. The summed E-state index contributed by atoms with van der Waals surface area (Å²) in [4.78, 5) is 59.1. The van der Waals surface area contributed by atoms with E-state index in [0.29, 0.717) is 22.6 Å². The van der Waals surface area contributed by atoms with Gasteiger partial charge in [0.15, 0.2) is 0 Å². The van der Waals surface area contributed by atoms with Gasteiger partial charge in [-0.25, -0.2) is 23.0 Å². The number of aromatic nitrogens is 1. The zero-order valence-corrected chi connectivity index (χ0v) is 24.5. The number of fused-ring (bicyclic) bond motifs is 1. The van der Waals surface area contributed by atoms with Gasteiger partial charge in [-0.1, -0.05) is 18.2 Å². The molecule has 1 aliphatic heterocycles. The number of rotatable bonds is 8. The Hall–Kier alpha value is -4.73. The number of carbonyl (C=O) groups is 4. The van der Waals surface area contributed by atoms with E-state index in [1.807, 2.05) is 0 Å². The highest BCUT2D eigenvalue weighted by Gasteiger charge is 2.34. The second-order valence-corrected chi connectivity index (χ2v) is 12.4. The number of nitrogens with one attached hydrogen (secondary N) is 1. The number of hydrogen-bond donors (Lipinski definition) is 1. The maximum absolute atomic E-state index is 13.0. The first kappa shape index (κ1) is 32.2. The molecule has 0 atom stereocenters. The third kappa shape index (κ3) is 7.80. The Morgan fingerprint density at radius 3 is 2.20 bits per heavy atom. The molecule has 16 heteroatoms. The van der Waals surface area contributed by atoms with Crippen molar-refractivity contribution in [2.24, 2.45) is 0 Å². The maximum atomic E-state index is 13.0. The quantitative estimate of drug-likeness (QED) is 0.355. The number of hydroxylamine groups is 2. The van der Waals surface area contributed by atoms with Crippen molar-refractivity contribution in [3.05, 3.63) is 65.9 Å². The van der Waals surface area contributed by atoms with Crippen LogP contribution in [0.5, 0.6) is 0 Å². The molecule has 2 aromatic carbocycles. The lowest BCUT2D eigenvalue weighted by atomic mass is 10.1. The molecule has 3 amide bonds. The molecular formula is C28H27F3N4O8S. The normalized spacial score (nSPS) is 14.1. The Morgan fingerprint density at radius 1 is 0.977 bits per heavy atom. The third-order valence-electron chi connectivity index (χ3n) is 6.04. The van der Waals surface area contributed by atoms with Crippen molar-refractivity contribution in [3.8, 4) is 0 Å². The van der Waals surface area contributed by atoms with Crippen LogP contribution in [0.2, 0.25) is 0 Å². The fourth-order valence-corrected chi connectivity index (χ4v) is 5.10. The van der Waals surface area contributed by atoms with Crippen molar-refractivity contribution < 1.29 is 50.3 Å². The van der Waals surface area contributed by atoms with E-state index in [1.54, 1.807) is 32.9 Å². The van der Waals surface area contributed by atoms with Gasteiger partial charge in [-0.2, -0.15) is 13.2 Å². The monoisotopic (exact) mass is 636 g/mol. The lowest BCUT2D eigenvalue weighted by Gasteiger charge is -2.27. The van der Waals surface area contributed by atoms with E-state index in [0.717, 1.165) is 17.0 Å². The maximum Gasteiger partial charge on any atom is 0.416 e. The molecule has 0 bridgehead atoms. The Morgan fingerprint density at radius 2 is 1.61 bits per heavy atom. The predicted octanol–water partition coefficient (Wildman–Crippen LogP) is 4.40. The average molecular weight is 637 g/mol. The summed E-state index contributed by atoms with van der Waals surface area (Å²) in [6.07, 6.45) is -5.81. The minimum Gasteiger partial charge on any atom is -0.444 e. The second-order valence-electron chi connectivity index (χ2n) is 10.7. The Bertz CT molecular complexity index is 1710.